The van der Waals surface area contributed by atoms with Crippen molar-refractivity contribution >= 4 is 33.4 Å². The SMILES string of the molecule is ClNCCSSc1ccccn1. The normalized spacial score (nSPS) is 10.1. The van der Waals surface area contributed by atoms with Crippen LogP contribution in [-0.4, -0.2) is 17.3 Å². The van der Waals surface area contributed by atoms with Crippen molar-refractivity contribution in [3.05, 3.63) is 24.4 Å². The standard InChI is InChI=1S/C7H9ClN2S2/c8-10-5-6-11-12-7-3-1-2-4-9-7/h1-4,10H,5-6H2. The van der Waals surface area contributed by atoms with Crippen molar-refractivity contribution in [2.75, 3.05) is 12.3 Å². The third kappa shape index (κ3) is 4.21. The molecule has 66 valence electrons. The van der Waals surface area contributed by atoms with E-state index in [9.17, 15) is 0 Å². The topological polar surface area (TPSA) is 24.9 Å². The van der Waals surface area contributed by atoms with E-state index in [4.69, 9.17) is 11.8 Å². The highest BCUT2D eigenvalue weighted by molar-refractivity contribution is 8.76. The molecule has 0 unspecified atom stereocenters. The molecule has 0 bridgehead atoms. The molecule has 0 saturated carbocycles. The zero-order valence-electron chi connectivity index (χ0n) is 6.37. The van der Waals surface area contributed by atoms with E-state index in [2.05, 4.69) is 9.82 Å². The van der Waals surface area contributed by atoms with Gasteiger partial charge in [-0.3, -0.25) is 0 Å². The quantitative estimate of drug-likeness (QED) is 0.469. The molecule has 0 aliphatic heterocycles. The molecule has 0 radical (unpaired) electrons. The average molecular weight is 221 g/mol. The van der Waals surface area contributed by atoms with Crippen LogP contribution in [0.1, 0.15) is 0 Å². The fourth-order valence-electron chi connectivity index (χ4n) is 0.579. The Hall–Kier alpha value is 0.1000. The third-order valence-corrected chi connectivity index (χ3v) is 3.52. The Bertz CT molecular complexity index is 208. The van der Waals surface area contributed by atoms with Gasteiger partial charge in [-0.05, 0) is 34.7 Å². The van der Waals surface area contributed by atoms with E-state index in [1.807, 2.05) is 18.2 Å². The minimum Gasteiger partial charge on any atom is -0.249 e. The second-order valence-corrected chi connectivity index (χ2v) is 4.66. The molecule has 2 nitrogen and oxygen atoms in total. The first-order valence-electron chi connectivity index (χ1n) is 3.47. The van der Waals surface area contributed by atoms with Gasteiger partial charge in [0.2, 0.25) is 0 Å². The van der Waals surface area contributed by atoms with Gasteiger partial charge in [-0.25, -0.2) is 9.82 Å². The Labute approximate surface area is 85.0 Å². The summed E-state index contributed by atoms with van der Waals surface area (Å²) in [5.74, 6) is 0.977. The van der Waals surface area contributed by atoms with E-state index in [-0.39, 0.29) is 0 Å². The minimum atomic E-state index is 0.812. The monoisotopic (exact) mass is 220 g/mol. The van der Waals surface area contributed by atoms with Crippen LogP contribution in [0.3, 0.4) is 0 Å². The van der Waals surface area contributed by atoms with Crippen molar-refractivity contribution in [1.82, 2.24) is 9.82 Å². The second kappa shape index (κ2) is 6.60. The summed E-state index contributed by atoms with van der Waals surface area (Å²) in [4.78, 5) is 6.74. The van der Waals surface area contributed by atoms with E-state index < -0.39 is 0 Å². The number of rotatable bonds is 5. The maximum Gasteiger partial charge on any atom is 0.106 e. The van der Waals surface area contributed by atoms with Crippen LogP contribution in [0, 0.1) is 0 Å². The summed E-state index contributed by atoms with van der Waals surface area (Å²) in [5.41, 5.74) is 0. The summed E-state index contributed by atoms with van der Waals surface area (Å²) in [6.07, 6.45) is 1.79. The molecule has 5 heteroatoms. The smallest absolute Gasteiger partial charge is 0.106 e. The molecule has 1 rings (SSSR count). The van der Waals surface area contributed by atoms with Crippen LogP contribution in [-0.2, 0) is 0 Å². The van der Waals surface area contributed by atoms with Crippen LogP contribution >= 0.6 is 33.4 Å². The van der Waals surface area contributed by atoms with Crippen molar-refractivity contribution in [2.24, 2.45) is 0 Å². The minimum absolute atomic E-state index is 0.812. The Morgan fingerprint density at radius 1 is 1.50 bits per heavy atom. The summed E-state index contributed by atoms with van der Waals surface area (Å²) >= 11 is 5.30. The number of hydrogen-bond donors (Lipinski definition) is 1. The van der Waals surface area contributed by atoms with E-state index in [1.54, 1.807) is 27.8 Å². The van der Waals surface area contributed by atoms with Crippen molar-refractivity contribution in [3.8, 4) is 0 Å². The molecular weight excluding hydrogens is 212 g/mol. The van der Waals surface area contributed by atoms with Gasteiger partial charge in [0.25, 0.3) is 0 Å². The summed E-state index contributed by atoms with van der Waals surface area (Å²) in [6.45, 7) is 0.812. The summed E-state index contributed by atoms with van der Waals surface area (Å²) < 4.78 is 0. The first-order chi connectivity index (χ1) is 5.93. The lowest BCUT2D eigenvalue weighted by Gasteiger charge is -1.97. The van der Waals surface area contributed by atoms with Gasteiger partial charge in [-0.1, -0.05) is 16.9 Å². The van der Waals surface area contributed by atoms with E-state index in [0.717, 1.165) is 17.3 Å². The maximum atomic E-state index is 5.30. The van der Waals surface area contributed by atoms with Crippen LogP contribution in [0.4, 0.5) is 0 Å². The molecule has 0 fully saturated rings. The Morgan fingerprint density at radius 3 is 3.08 bits per heavy atom. The van der Waals surface area contributed by atoms with Gasteiger partial charge >= 0.3 is 0 Å². The lowest BCUT2D eigenvalue weighted by Crippen LogP contribution is -2.01. The van der Waals surface area contributed by atoms with E-state index >= 15 is 0 Å². The molecule has 1 N–H and O–H groups in total. The van der Waals surface area contributed by atoms with Crippen molar-refractivity contribution in [3.63, 3.8) is 0 Å². The van der Waals surface area contributed by atoms with Gasteiger partial charge < -0.3 is 0 Å². The number of nitrogens with one attached hydrogen (secondary N) is 1. The zero-order valence-corrected chi connectivity index (χ0v) is 8.75. The molecule has 1 aromatic heterocycles. The molecule has 1 aromatic rings. The van der Waals surface area contributed by atoms with E-state index in [0.29, 0.717) is 0 Å². The molecule has 0 amide bonds. The summed E-state index contributed by atoms with van der Waals surface area (Å²) in [5, 5.41) is 1.04. The molecule has 0 aromatic carbocycles. The molecule has 0 aliphatic rings. The first-order valence-corrected chi connectivity index (χ1v) is 6.17. The number of hydrogen-bond acceptors (Lipinski definition) is 4. The van der Waals surface area contributed by atoms with Crippen molar-refractivity contribution in [1.29, 1.82) is 0 Å². The van der Waals surface area contributed by atoms with Gasteiger partial charge in [0.15, 0.2) is 0 Å². The van der Waals surface area contributed by atoms with Crippen LogP contribution < -0.4 is 4.84 Å². The lowest BCUT2D eigenvalue weighted by molar-refractivity contribution is 1.04. The predicted octanol–water partition coefficient (Wildman–Crippen LogP) is 2.57. The first kappa shape index (κ1) is 10.2. The molecule has 0 aliphatic carbocycles. The Balaban J connectivity index is 2.16. The number of nitrogens with zero attached hydrogens (tertiary/aromatic N) is 1. The predicted molar refractivity (Wildman–Crippen MR) is 56.4 cm³/mol. The van der Waals surface area contributed by atoms with Gasteiger partial charge in [-0.2, -0.15) is 0 Å². The molecule has 0 spiro atoms. The van der Waals surface area contributed by atoms with Gasteiger partial charge in [0, 0.05) is 18.5 Å². The van der Waals surface area contributed by atoms with Gasteiger partial charge in [0.1, 0.15) is 5.03 Å². The van der Waals surface area contributed by atoms with Crippen LogP contribution in [0.25, 0.3) is 0 Å². The highest BCUT2D eigenvalue weighted by atomic mass is 35.5. The average Bonchev–Trinajstić information content (AvgIpc) is 2.14. The maximum absolute atomic E-state index is 5.30. The number of aromatic nitrogens is 1. The molecule has 12 heavy (non-hydrogen) atoms. The van der Waals surface area contributed by atoms with Crippen molar-refractivity contribution < 1.29 is 0 Å². The number of pyridine rings is 1. The highest BCUT2D eigenvalue weighted by Crippen LogP contribution is 2.28. The summed E-state index contributed by atoms with van der Waals surface area (Å²) in [7, 11) is 3.41. The summed E-state index contributed by atoms with van der Waals surface area (Å²) in [6, 6.07) is 5.89. The van der Waals surface area contributed by atoms with Crippen LogP contribution in [0.2, 0.25) is 0 Å². The molecule has 0 atom stereocenters. The third-order valence-electron chi connectivity index (χ3n) is 1.06. The van der Waals surface area contributed by atoms with E-state index in [1.165, 1.54) is 0 Å². The van der Waals surface area contributed by atoms with Crippen LogP contribution in [0.15, 0.2) is 29.4 Å². The zero-order chi connectivity index (χ0) is 8.65. The Morgan fingerprint density at radius 2 is 2.42 bits per heavy atom. The van der Waals surface area contributed by atoms with Crippen LogP contribution in [0.5, 0.6) is 0 Å². The molecular formula is C7H9ClN2S2. The fourth-order valence-corrected chi connectivity index (χ4v) is 2.57. The van der Waals surface area contributed by atoms with Gasteiger partial charge in [0.05, 0.1) is 0 Å². The fraction of sp³-hybridized carbons (Fsp3) is 0.286. The molecule has 1 heterocycles. The second-order valence-electron chi connectivity index (χ2n) is 1.96. The highest BCUT2D eigenvalue weighted by Gasteiger charge is 1.93. The largest absolute Gasteiger partial charge is 0.249 e. The molecule has 0 saturated heterocycles. The van der Waals surface area contributed by atoms with Gasteiger partial charge in [-0.15, -0.1) is 0 Å². The number of halogens is 1. The van der Waals surface area contributed by atoms with Crippen molar-refractivity contribution in [2.45, 2.75) is 5.03 Å². The lowest BCUT2D eigenvalue weighted by atomic mass is 10.5. The Kier molecular flexibility index (Phi) is 5.60.